The van der Waals surface area contributed by atoms with Gasteiger partial charge in [0.1, 0.15) is 11.5 Å². The van der Waals surface area contributed by atoms with Crippen molar-refractivity contribution in [3.63, 3.8) is 0 Å². The van der Waals surface area contributed by atoms with Crippen molar-refractivity contribution in [3.05, 3.63) is 63.2 Å². The van der Waals surface area contributed by atoms with E-state index < -0.39 is 0 Å². The van der Waals surface area contributed by atoms with Gasteiger partial charge in [-0.1, -0.05) is 18.2 Å². The molecule has 0 heterocycles. The highest BCUT2D eigenvalue weighted by Gasteiger charge is 2.15. The number of ether oxygens (including phenoxy) is 1. The lowest BCUT2D eigenvalue weighted by molar-refractivity contribution is -0.385. The number of hydrogen-bond acceptors (Lipinski definition) is 4. The summed E-state index contributed by atoms with van der Waals surface area (Å²) >= 11 is 0. The van der Waals surface area contributed by atoms with Gasteiger partial charge in [-0.05, 0) is 31.5 Å². The molecule has 2 aromatic rings. The lowest BCUT2D eigenvalue weighted by atomic mass is 10.1. The van der Waals surface area contributed by atoms with Gasteiger partial charge in [0.25, 0.3) is 5.69 Å². The number of nitrogens with two attached hydrogens (primary N) is 1. The van der Waals surface area contributed by atoms with E-state index in [-0.39, 0.29) is 10.6 Å². The molecule has 0 aromatic heterocycles. The fourth-order valence-corrected chi connectivity index (χ4v) is 1.97. The van der Waals surface area contributed by atoms with Crippen molar-refractivity contribution in [2.24, 2.45) is 5.73 Å². The molecule has 104 valence electrons. The first-order chi connectivity index (χ1) is 9.52. The predicted octanol–water partition coefficient (Wildman–Crippen LogP) is 3.46. The number of aryl methyl sites for hydroxylation is 2. The molecule has 0 unspecified atom stereocenters. The van der Waals surface area contributed by atoms with E-state index >= 15 is 0 Å². The molecule has 0 radical (unpaired) electrons. The zero-order chi connectivity index (χ0) is 14.7. The largest absolute Gasteiger partial charge is 0.457 e. The molecule has 2 N–H and O–H groups in total. The van der Waals surface area contributed by atoms with Crippen molar-refractivity contribution >= 4 is 5.69 Å². The molecular formula is C15H16N2O3. The molecule has 5 heteroatoms. The molecule has 0 bridgehead atoms. The molecule has 2 aromatic carbocycles. The first-order valence-electron chi connectivity index (χ1n) is 6.24. The van der Waals surface area contributed by atoms with Gasteiger partial charge in [-0.3, -0.25) is 10.1 Å². The summed E-state index contributed by atoms with van der Waals surface area (Å²) in [6.45, 7) is 3.85. The lowest BCUT2D eigenvalue weighted by Gasteiger charge is -2.12. The zero-order valence-corrected chi connectivity index (χ0v) is 11.4. The maximum Gasteiger partial charge on any atom is 0.272 e. The van der Waals surface area contributed by atoms with Gasteiger partial charge in [-0.15, -0.1) is 0 Å². The van der Waals surface area contributed by atoms with Crippen LogP contribution in [0.2, 0.25) is 0 Å². The van der Waals surface area contributed by atoms with Crippen molar-refractivity contribution in [2.45, 2.75) is 20.4 Å². The molecule has 0 aliphatic rings. The van der Waals surface area contributed by atoms with Crippen molar-refractivity contribution < 1.29 is 9.66 Å². The number of nitrogens with zero attached hydrogens (tertiary/aromatic N) is 1. The van der Waals surface area contributed by atoms with Crippen LogP contribution in [0.15, 0.2) is 36.4 Å². The van der Waals surface area contributed by atoms with Crippen LogP contribution in [0.5, 0.6) is 11.5 Å². The second kappa shape index (κ2) is 5.71. The molecule has 5 nitrogen and oxygen atoms in total. The molecule has 0 saturated carbocycles. The Kier molecular flexibility index (Phi) is 4.00. The molecule has 0 aliphatic heterocycles. The summed E-state index contributed by atoms with van der Waals surface area (Å²) < 4.78 is 5.84. The maximum absolute atomic E-state index is 10.9. The number of nitro groups is 1. The smallest absolute Gasteiger partial charge is 0.272 e. The highest BCUT2D eigenvalue weighted by atomic mass is 16.6. The maximum atomic E-state index is 10.9. The van der Waals surface area contributed by atoms with Gasteiger partial charge >= 0.3 is 0 Å². The fraction of sp³-hybridized carbons (Fsp3) is 0.200. The van der Waals surface area contributed by atoms with Crippen LogP contribution in [0.1, 0.15) is 16.7 Å². The lowest BCUT2D eigenvalue weighted by Crippen LogP contribution is -2.00. The van der Waals surface area contributed by atoms with Gasteiger partial charge in [0.15, 0.2) is 0 Å². The van der Waals surface area contributed by atoms with Crippen LogP contribution in [0, 0.1) is 24.0 Å². The Balaban J connectivity index is 2.39. The van der Waals surface area contributed by atoms with E-state index in [1.807, 2.05) is 24.3 Å². The highest BCUT2D eigenvalue weighted by molar-refractivity contribution is 5.51. The number of nitro benzene ring substituents is 1. The summed E-state index contributed by atoms with van der Waals surface area (Å²) in [7, 11) is 0. The third-order valence-corrected chi connectivity index (χ3v) is 3.10. The van der Waals surface area contributed by atoms with Crippen LogP contribution in [0.4, 0.5) is 5.69 Å². The molecule has 0 saturated heterocycles. The summed E-state index contributed by atoms with van der Waals surface area (Å²) in [5.41, 5.74) is 7.94. The van der Waals surface area contributed by atoms with Crippen LogP contribution >= 0.6 is 0 Å². The Morgan fingerprint density at radius 1 is 1.15 bits per heavy atom. The van der Waals surface area contributed by atoms with Crippen LogP contribution in [-0.2, 0) is 6.54 Å². The monoisotopic (exact) mass is 272 g/mol. The average Bonchev–Trinajstić information content (AvgIpc) is 2.42. The van der Waals surface area contributed by atoms with Gasteiger partial charge < -0.3 is 10.5 Å². The van der Waals surface area contributed by atoms with E-state index in [0.29, 0.717) is 29.2 Å². The molecule has 0 aliphatic carbocycles. The summed E-state index contributed by atoms with van der Waals surface area (Å²) in [6.07, 6.45) is 0. The first kappa shape index (κ1) is 14.0. The first-order valence-corrected chi connectivity index (χ1v) is 6.24. The average molecular weight is 272 g/mol. The minimum Gasteiger partial charge on any atom is -0.457 e. The molecule has 20 heavy (non-hydrogen) atoms. The van der Waals surface area contributed by atoms with E-state index in [1.54, 1.807) is 19.9 Å². The Morgan fingerprint density at radius 3 is 2.50 bits per heavy atom. The molecule has 2 rings (SSSR count). The minimum atomic E-state index is -0.389. The number of para-hydroxylation sites is 1. The van der Waals surface area contributed by atoms with Crippen LogP contribution in [-0.4, -0.2) is 4.92 Å². The van der Waals surface area contributed by atoms with Crippen molar-refractivity contribution in [3.8, 4) is 11.5 Å². The highest BCUT2D eigenvalue weighted by Crippen LogP contribution is 2.32. The van der Waals surface area contributed by atoms with Gasteiger partial charge in [0.2, 0.25) is 0 Å². The summed E-state index contributed by atoms with van der Waals surface area (Å²) in [5.74, 6) is 1.28. The molecule has 0 fully saturated rings. The Morgan fingerprint density at radius 2 is 1.85 bits per heavy atom. The summed E-state index contributed by atoms with van der Waals surface area (Å²) in [6, 6.07) is 10.7. The van der Waals surface area contributed by atoms with E-state index in [4.69, 9.17) is 10.5 Å². The number of rotatable bonds is 4. The number of benzene rings is 2. The van der Waals surface area contributed by atoms with E-state index in [0.717, 1.165) is 5.56 Å². The van der Waals surface area contributed by atoms with Gasteiger partial charge in [-0.2, -0.15) is 0 Å². The zero-order valence-electron chi connectivity index (χ0n) is 11.4. The standard InChI is InChI=1S/C15H16N2O3/c1-10-8-15(11(2)7-13(10)17(18)19)20-14-6-4-3-5-12(14)9-16/h3-8H,9,16H2,1-2H3. The van der Waals surface area contributed by atoms with Crippen LogP contribution < -0.4 is 10.5 Å². The number of hydrogen-bond donors (Lipinski definition) is 1. The second-order valence-electron chi connectivity index (χ2n) is 4.58. The quantitative estimate of drug-likeness (QED) is 0.682. The van der Waals surface area contributed by atoms with Crippen LogP contribution in [0.25, 0.3) is 0 Å². The normalized spacial score (nSPS) is 10.3. The minimum absolute atomic E-state index is 0.0990. The molecule has 0 spiro atoms. The molecule has 0 atom stereocenters. The third kappa shape index (κ3) is 2.78. The fourth-order valence-electron chi connectivity index (χ4n) is 1.97. The van der Waals surface area contributed by atoms with Gasteiger partial charge in [-0.25, -0.2) is 0 Å². The van der Waals surface area contributed by atoms with Crippen LogP contribution in [0.3, 0.4) is 0 Å². The molecular weight excluding hydrogens is 256 g/mol. The van der Waals surface area contributed by atoms with Gasteiger partial charge in [0.05, 0.1) is 4.92 Å². The predicted molar refractivity (Wildman–Crippen MR) is 77.0 cm³/mol. The van der Waals surface area contributed by atoms with Crippen molar-refractivity contribution in [2.75, 3.05) is 0 Å². The van der Waals surface area contributed by atoms with E-state index in [1.165, 1.54) is 6.07 Å². The summed E-state index contributed by atoms with van der Waals surface area (Å²) in [4.78, 5) is 10.5. The Bertz CT molecular complexity index is 654. The Labute approximate surface area is 117 Å². The molecule has 0 amide bonds. The summed E-state index contributed by atoms with van der Waals surface area (Å²) in [5, 5.41) is 10.9. The topological polar surface area (TPSA) is 78.4 Å². The SMILES string of the molecule is Cc1cc([N+](=O)[O-])c(C)cc1Oc1ccccc1CN. The van der Waals surface area contributed by atoms with E-state index in [9.17, 15) is 10.1 Å². The van der Waals surface area contributed by atoms with Gasteiger partial charge in [0, 0.05) is 23.7 Å². The second-order valence-corrected chi connectivity index (χ2v) is 4.58. The third-order valence-electron chi connectivity index (χ3n) is 3.10. The van der Waals surface area contributed by atoms with Crippen molar-refractivity contribution in [1.82, 2.24) is 0 Å². The van der Waals surface area contributed by atoms with Crippen molar-refractivity contribution in [1.29, 1.82) is 0 Å². The van der Waals surface area contributed by atoms with E-state index in [2.05, 4.69) is 0 Å². The Hall–Kier alpha value is -2.40.